The number of benzene rings is 8. The van der Waals surface area contributed by atoms with E-state index >= 15 is 0 Å². The van der Waals surface area contributed by atoms with Gasteiger partial charge in [0.15, 0.2) is 17.5 Å². The Morgan fingerprint density at radius 1 is 0.308 bits per heavy atom. The first-order chi connectivity index (χ1) is 25.7. The van der Waals surface area contributed by atoms with Crippen molar-refractivity contribution in [2.24, 2.45) is 0 Å². The highest BCUT2D eigenvalue weighted by Crippen LogP contribution is 2.43. The molecule has 0 aliphatic rings. The Balaban J connectivity index is 1.20. The van der Waals surface area contributed by atoms with Gasteiger partial charge in [0, 0.05) is 38.2 Å². The smallest absolute Gasteiger partial charge is 0.164 e. The minimum atomic E-state index is 0.574. The van der Waals surface area contributed by atoms with E-state index in [4.69, 9.17) is 23.8 Å². The van der Waals surface area contributed by atoms with Crippen molar-refractivity contribution in [1.29, 1.82) is 0 Å². The zero-order valence-corrected chi connectivity index (χ0v) is 27.7. The number of fused-ring (bicyclic) bond motifs is 9. The second kappa shape index (κ2) is 11.2. The SMILES string of the molecule is c1ccc(-c2nc(-c3ccc4c(ccc5ccccc54)c3)nc(-c3cc(-c4cccc5oc6ccccc6c45)cc4oc5ccccc5c34)n2)cc1. The average molecular weight is 666 g/mol. The number of para-hydroxylation sites is 2. The highest BCUT2D eigenvalue weighted by atomic mass is 16.3. The molecule has 0 saturated carbocycles. The maximum absolute atomic E-state index is 6.58. The molecule has 3 aromatic heterocycles. The molecule has 0 fully saturated rings. The molecule has 0 aliphatic heterocycles. The maximum atomic E-state index is 6.58. The van der Waals surface area contributed by atoms with Crippen LogP contribution in [0.2, 0.25) is 0 Å². The van der Waals surface area contributed by atoms with Gasteiger partial charge in [-0.25, -0.2) is 15.0 Å². The number of aromatic nitrogens is 3. The van der Waals surface area contributed by atoms with E-state index in [2.05, 4.69) is 91.0 Å². The van der Waals surface area contributed by atoms with Crippen molar-refractivity contribution in [3.8, 4) is 45.3 Å². The standard InChI is InChI=1S/C47H27N3O2/c1-2-12-29(13-3-1)45-48-46(31-23-24-34-30(25-31)22-21-28-11-4-5-14-33(28)34)50-47(49-45)38-26-32(27-42-44(38)37-16-7-9-19-40(37)52-42)35-17-10-20-41-43(35)36-15-6-8-18-39(36)51-41/h1-27H. The van der Waals surface area contributed by atoms with Crippen LogP contribution in [0.3, 0.4) is 0 Å². The number of hydrogen-bond donors (Lipinski definition) is 0. The van der Waals surface area contributed by atoms with Crippen LogP contribution in [-0.2, 0) is 0 Å². The van der Waals surface area contributed by atoms with Crippen molar-refractivity contribution < 1.29 is 8.83 Å². The summed E-state index contributed by atoms with van der Waals surface area (Å²) in [4.78, 5) is 15.5. The second-order valence-corrected chi connectivity index (χ2v) is 13.2. The summed E-state index contributed by atoms with van der Waals surface area (Å²) in [6, 6.07) is 56.3. The lowest BCUT2D eigenvalue weighted by atomic mass is 9.95. The summed E-state index contributed by atoms with van der Waals surface area (Å²) in [7, 11) is 0. The van der Waals surface area contributed by atoms with Crippen LogP contribution in [0.25, 0.3) is 111 Å². The first-order valence-electron chi connectivity index (χ1n) is 17.3. The van der Waals surface area contributed by atoms with E-state index < -0.39 is 0 Å². The zero-order valence-electron chi connectivity index (χ0n) is 27.7. The molecule has 0 aliphatic carbocycles. The Bertz CT molecular complexity index is 3190. The Kier molecular flexibility index (Phi) is 6.18. The quantitative estimate of drug-likeness (QED) is 0.175. The predicted octanol–water partition coefficient (Wildman–Crippen LogP) is 12.6. The van der Waals surface area contributed by atoms with E-state index in [0.29, 0.717) is 17.5 Å². The molecule has 0 bridgehead atoms. The molecule has 0 atom stereocenters. The summed E-state index contributed by atoms with van der Waals surface area (Å²) < 4.78 is 12.9. The monoisotopic (exact) mass is 665 g/mol. The van der Waals surface area contributed by atoms with Crippen molar-refractivity contribution in [1.82, 2.24) is 15.0 Å². The molecule has 0 spiro atoms. The molecule has 242 valence electrons. The number of furan rings is 2. The van der Waals surface area contributed by atoms with Crippen molar-refractivity contribution in [2.45, 2.75) is 0 Å². The van der Waals surface area contributed by atoms with Crippen LogP contribution in [0.4, 0.5) is 0 Å². The van der Waals surface area contributed by atoms with Gasteiger partial charge in [0.05, 0.1) is 0 Å². The minimum absolute atomic E-state index is 0.574. The molecule has 0 unspecified atom stereocenters. The minimum Gasteiger partial charge on any atom is -0.456 e. The van der Waals surface area contributed by atoms with Crippen LogP contribution in [0, 0.1) is 0 Å². The molecule has 8 aromatic carbocycles. The lowest BCUT2D eigenvalue weighted by Crippen LogP contribution is -2.00. The summed E-state index contributed by atoms with van der Waals surface area (Å²) in [5.41, 5.74) is 8.00. The largest absolute Gasteiger partial charge is 0.456 e. The summed E-state index contributed by atoms with van der Waals surface area (Å²) in [5, 5.41) is 8.86. The van der Waals surface area contributed by atoms with Gasteiger partial charge in [-0.05, 0) is 69.1 Å². The fourth-order valence-electron chi connectivity index (χ4n) is 7.70. The van der Waals surface area contributed by atoms with Crippen LogP contribution in [0.15, 0.2) is 173 Å². The highest BCUT2D eigenvalue weighted by Gasteiger charge is 2.21. The lowest BCUT2D eigenvalue weighted by molar-refractivity contribution is 0.668. The van der Waals surface area contributed by atoms with Crippen molar-refractivity contribution in [2.75, 3.05) is 0 Å². The second-order valence-electron chi connectivity index (χ2n) is 13.2. The summed E-state index contributed by atoms with van der Waals surface area (Å²) in [6.45, 7) is 0. The highest BCUT2D eigenvalue weighted by molar-refractivity contribution is 6.16. The molecule has 11 aromatic rings. The number of nitrogens with zero attached hydrogens (tertiary/aromatic N) is 3. The molecular weight excluding hydrogens is 639 g/mol. The van der Waals surface area contributed by atoms with Crippen molar-refractivity contribution in [3.63, 3.8) is 0 Å². The van der Waals surface area contributed by atoms with E-state index in [1.165, 1.54) is 16.2 Å². The maximum Gasteiger partial charge on any atom is 0.164 e. The molecular formula is C47H27N3O2. The first kappa shape index (κ1) is 28.7. The molecule has 0 saturated heterocycles. The molecule has 0 N–H and O–H groups in total. The van der Waals surface area contributed by atoms with Gasteiger partial charge >= 0.3 is 0 Å². The van der Waals surface area contributed by atoms with Gasteiger partial charge < -0.3 is 8.83 Å². The van der Waals surface area contributed by atoms with Crippen LogP contribution in [-0.4, -0.2) is 15.0 Å². The third kappa shape index (κ3) is 4.46. The Hall–Kier alpha value is -7.11. The summed E-state index contributed by atoms with van der Waals surface area (Å²) in [6.07, 6.45) is 0. The molecule has 52 heavy (non-hydrogen) atoms. The third-order valence-electron chi connectivity index (χ3n) is 10.1. The van der Waals surface area contributed by atoms with Crippen LogP contribution in [0.5, 0.6) is 0 Å². The van der Waals surface area contributed by atoms with Gasteiger partial charge in [-0.1, -0.05) is 127 Å². The fraction of sp³-hybridized carbons (Fsp3) is 0. The molecule has 5 heteroatoms. The van der Waals surface area contributed by atoms with Gasteiger partial charge in [-0.2, -0.15) is 0 Å². The summed E-state index contributed by atoms with van der Waals surface area (Å²) in [5.74, 6) is 1.78. The average Bonchev–Trinajstić information content (AvgIpc) is 3.79. The van der Waals surface area contributed by atoms with Gasteiger partial charge in [-0.3, -0.25) is 0 Å². The molecule has 0 radical (unpaired) electrons. The van der Waals surface area contributed by atoms with Gasteiger partial charge in [0.1, 0.15) is 22.3 Å². The topological polar surface area (TPSA) is 65.0 Å². The van der Waals surface area contributed by atoms with E-state index in [1.807, 2.05) is 72.8 Å². The van der Waals surface area contributed by atoms with Gasteiger partial charge in [0.2, 0.25) is 0 Å². The van der Waals surface area contributed by atoms with Crippen LogP contribution < -0.4 is 0 Å². The Morgan fingerprint density at radius 3 is 1.71 bits per heavy atom. The zero-order chi connectivity index (χ0) is 34.2. The summed E-state index contributed by atoms with van der Waals surface area (Å²) >= 11 is 0. The van der Waals surface area contributed by atoms with Gasteiger partial charge in [0.25, 0.3) is 0 Å². The molecule has 5 nitrogen and oxygen atoms in total. The van der Waals surface area contributed by atoms with E-state index in [1.54, 1.807) is 0 Å². The molecule has 11 rings (SSSR count). The fourth-order valence-corrected chi connectivity index (χ4v) is 7.70. The van der Waals surface area contributed by atoms with E-state index in [-0.39, 0.29) is 0 Å². The predicted molar refractivity (Wildman–Crippen MR) is 211 cm³/mol. The number of rotatable bonds is 4. The lowest BCUT2D eigenvalue weighted by Gasteiger charge is -2.12. The normalized spacial score (nSPS) is 11.8. The van der Waals surface area contributed by atoms with Gasteiger partial charge in [-0.15, -0.1) is 0 Å². The molecule has 3 heterocycles. The first-order valence-corrected chi connectivity index (χ1v) is 17.3. The van der Waals surface area contributed by atoms with E-state index in [9.17, 15) is 0 Å². The third-order valence-corrected chi connectivity index (χ3v) is 10.1. The van der Waals surface area contributed by atoms with E-state index in [0.717, 1.165) is 77.1 Å². The number of hydrogen-bond acceptors (Lipinski definition) is 5. The van der Waals surface area contributed by atoms with Crippen molar-refractivity contribution in [3.05, 3.63) is 164 Å². The van der Waals surface area contributed by atoms with Crippen LogP contribution in [0.1, 0.15) is 0 Å². The van der Waals surface area contributed by atoms with Crippen LogP contribution >= 0.6 is 0 Å². The Morgan fingerprint density at radius 2 is 0.904 bits per heavy atom. The van der Waals surface area contributed by atoms with Crippen molar-refractivity contribution >= 4 is 65.4 Å². The molecule has 0 amide bonds. The Labute approximate surface area is 297 Å².